The summed E-state index contributed by atoms with van der Waals surface area (Å²) in [7, 11) is 0. The van der Waals surface area contributed by atoms with Crippen LogP contribution in [0.25, 0.3) is 0 Å². The lowest BCUT2D eigenvalue weighted by Crippen LogP contribution is -2.19. The molecule has 0 bridgehead atoms. The Hall–Kier alpha value is -0.770. The summed E-state index contributed by atoms with van der Waals surface area (Å²) in [5.74, 6) is 1.13. The maximum Gasteiger partial charge on any atom is 0.0106 e. The van der Waals surface area contributed by atoms with E-state index in [1.807, 2.05) is 11.8 Å². The van der Waals surface area contributed by atoms with Crippen LogP contribution in [0.2, 0.25) is 0 Å². The summed E-state index contributed by atoms with van der Waals surface area (Å²) in [6.07, 6.45) is 1.14. The smallest absolute Gasteiger partial charge is 0.0106 e. The number of rotatable bonds is 7. The van der Waals surface area contributed by atoms with Crippen LogP contribution >= 0.6 is 23.1 Å². The highest BCUT2D eigenvalue weighted by molar-refractivity contribution is 7.99. The van der Waals surface area contributed by atoms with Crippen molar-refractivity contribution in [1.29, 1.82) is 0 Å². The van der Waals surface area contributed by atoms with Crippen molar-refractivity contribution in [3.05, 3.63) is 52.2 Å². The van der Waals surface area contributed by atoms with Gasteiger partial charge in [-0.05, 0) is 54.4 Å². The summed E-state index contributed by atoms with van der Waals surface area (Å²) >= 11 is 3.69. The molecule has 0 aliphatic rings. The molecule has 0 saturated carbocycles. The van der Waals surface area contributed by atoms with E-state index in [1.165, 1.54) is 16.0 Å². The molecule has 0 spiro atoms. The fraction of sp³-hybridized carbons (Fsp3) is 0.333. The topological polar surface area (TPSA) is 12.0 Å². The Labute approximate surface area is 118 Å². The second kappa shape index (κ2) is 7.62. The molecule has 1 aromatic heterocycles. The average molecular weight is 277 g/mol. The Balaban J connectivity index is 1.55. The van der Waals surface area contributed by atoms with E-state index in [9.17, 15) is 0 Å². The van der Waals surface area contributed by atoms with Gasteiger partial charge in [0.1, 0.15) is 0 Å². The van der Waals surface area contributed by atoms with Crippen molar-refractivity contribution in [2.24, 2.45) is 0 Å². The highest BCUT2D eigenvalue weighted by Crippen LogP contribution is 2.17. The molecule has 18 heavy (non-hydrogen) atoms. The van der Waals surface area contributed by atoms with Crippen molar-refractivity contribution in [3.8, 4) is 0 Å². The summed E-state index contributed by atoms with van der Waals surface area (Å²) in [6.45, 7) is 4.27. The van der Waals surface area contributed by atoms with Gasteiger partial charge in [0.25, 0.3) is 0 Å². The maximum absolute atomic E-state index is 3.49. The van der Waals surface area contributed by atoms with E-state index in [0.717, 1.165) is 25.3 Å². The van der Waals surface area contributed by atoms with E-state index in [-0.39, 0.29) is 0 Å². The Morgan fingerprint density at radius 2 is 1.94 bits per heavy atom. The van der Waals surface area contributed by atoms with Gasteiger partial charge in [-0.15, -0.1) is 11.8 Å². The van der Waals surface area contributed by atoms with Gasteiger partial charge in [-0.25, -0.2) is 0 Å². The van der Waals surface area contributed by atoms with Gasteiger partial charge in [0.2, 0.25) is 0 Å². The van der Waals surface area contributed by atoms with Gasteiger partial charge in [0.05, 0.1) is 0 Å². The number of nitrogens with one attached hydrogen (secondary N) is 1. The van der Waals surface area contributed by atoms with Crippen molar-refractivity contribution in [3.63, 3.8) is 0 Å². The van der Waals surface area contributed by atoms with Crippen LogP contribution in [0.15, 0.2) is 46.0 Å². The number of benzene rings is 1. The first-order chi connectivity index (χ1) is 8.84. The molecular weight excluding hydrogens is 258 g/mol. The average Bonchev–Trinajstić information content (AvgIpc) is 2.89. The van der Waals surface area contributed by atoms with E-state index in [4.69, 9.17) is 0 Å². The maximum atomic E-state index is 3.49. The van der Waals surface area contributed by atoms with Gasteiger partial charge in [-0.1, -0.05) is 17.7 Å². The monoisotopic (exact) mass is 277 g/mol. The third-order valence-corrected chi connectivity index (χ3v) is 4.48. The first-order valence-electron chi connectivity index (χ1n) is 6.26. The molecule has 0 radical (unpaired) electrons. The number of hydrogen-bond donors (Lipinski definition) is 1. The van der Waals surface area contributed by atoms with Crippen LogP contribution in [0, 0.1) is 6.92 Å². The molecule has 1 nitrogen and oxygen atoms in total. The molecule has 2 aromatic rings. The van der Waals surface area contributed by atoms with Crippen LogP contribution in [-0.2, 0) is 6.42 Å². The zero-order valence-electron chi connectivity index (χ0n) is 10.7. The number of thiophene rings is 1. The molecule has 0 saturated heterocycles. The highest BCUT2D eigenvalue weighted by atomic mass is 32.2. The van der Waals surface area contributed by atoms with Crippen molar-refractivity contribution in [2.45, 2.75) is 18.2 Å². The third kappa shape index (κ3) is 4.84. The largest absolute Gasteiger partial charge is 0.316 e. The summed E-state index contributed by atoms with van der Waals surface area (Å²) in [5, 5.41) is 7.86. The first kappa shape index (κ1) is 13.7. The van der Waals surface area contributed by atoms with Crippen molar-refractivity contribution >= 4 is 23.1 Å². The predicted molar refractivity (Wildman–Crippen MR) is 82.8 cm³/mol. The quantitative estimate of drug-likeness (QED) is 0.607. The van der Waals surface area contributed by atoms with E-state index >= 15 is 0 Å². The van der Waals surface area contributed by atoms with Crippen LogP contribution < -0.4 is 5.32 Å². The molecule has 0 atom stereocenters. The SMILES string of the molecule is Cc1ccc(SCCNCCc2ccsc2)cc1. The van der Waals surface area contributed by atoms with E-state index in [1.54, 1.807) is 11.3 Å². The second-order valence-corrected chi connectivity index (χ2v) is 6.24. The Morgan fingerprint density at radius 3 is 2.67 bits per heavy atom. The molecular formula is C15H19NS2. The number of aryl methyl sites for hydroxylation is 1. The second-order valence-electron chi connectivity index (χ2n) is 4.29. The van der Waals surface area contributed by atoms with Crippen LogP contribution in [0.3, 0.4) is 0 Å². The fourth-order valence-corrected chi connectivity index (χ4v) is 3.18. The summed E-state index contributed by atoms with van der Waals surface area (Å²) in [4.78, 5) is 1.36. The zero-order chi connectivity index (χ0) is 12.6. The standard InChI is InChI=1S/C15H19NS2/c1-13-2-4-15(5-3-13)18-11-9-16-8-6-14-7-10-17-12-14/h2-5,7,10,12,16H,6,8-9,11H2,1H3. The molecule has 0 aliphatic heterocycles. The van der Waals surface area contributed by atoms with Gasteiger partial charge in [-0.2, -0.15) is 11.3 Å². The van der Waals surface area contributed by atoms with E-state index < -0.39 is 0 Å². The predicted octanol–water partition coefficient (Wildman–Crippen LogP) is 3.98. The molecule has 0 amide bonds. The fourth-order valence-electron chi connectivity index (χ4n) is 1.67. The van der Waals surface area contributed by atoms with Gasteiger partial charge in [0, 0.05) is 17.2 Å². The lowest BCUT2D eigenvalue weighted by atomic mass is 10.2. The molecule has 1 aromatic carbocycles. The summed E-state index contributed by atoms with van der Waals surface area (Å²) in [6, 6.07) is 10.9. The molecule has 0 fully saturated rings. The lowest BCUT2D eigenvalue weighted by Gasteiger charge is -2.04. The van der Waals surface area contributed by atoms with Gasteiger partial charge in [-0.3, -0.25) is 0 Å². The molecule has 2 rings (SSSR count). The Morgan fingerprint density at radius 1 is 1.11 bits per heavy atom. The van der Waals surface area contributed by atoms with Crippen molar-refractivity contribution < 1.29 is 0 Å². The Kier molecular flexibility index (Phi) is 5.78. The van der Waals surface area contributed by atoms with Crippen molar-refractivity contribution in [1.82, 2.24) is 5.32 Å². The first-order valence-corrected chi connectivity index (χ1v) is 8.19. The molecule has 3 heteroatoms. The molecule has 1 heterocycles. The van der Waals surface area contributed by atoms with Crippen LogP contribution in [-0.4, -0.2) is 18.8 Å². The van der Waals surface area contributed by atoms with E-state index in [0.29, 0.717) is 0 Å². The number of thioether (sulfide) groups is 1. The van der Waals surface area contributed by atoms with E-state index in [2.05, 4.69) is 53.3 Å². The van der Waals surface area contributed by atoms with Gasteiger partial charge >= 0.3 is 0 Å². The number of hydrogen-bond acceptors (Lipinski definition) is 3. The molecule has 96 valence electrons. The van der Waals surface area contributed by atoms with Gasteiger partial charge in [0.15, 0.2) is 0 Å². The molecule has 1 N–H and O–H groups in total. The van der Waals surface area contributed by atoms with Gasteiger partial charge < -0.3 is 5.32 Å². The van der Waals surface area contributed by atoms with Crippen molar-refractivity contribution in [2.75, 3.05) is 18.8 Å². The molecule has 0 aliphatic carbocycles. The highest BCUT2D eigenvalue weighted by Gasteiger charge is 1.95. The normalized spacial score (nSPS) is 10.7. The minimum absolute atomic E-state index is 1.07. The molecule has 0 unspecified atom stereocenters. The van der Waals surface area contributed by atoms with Crippen LogP contribution in [0.1, 0.15) is 11.1 Å². The zero-order valence-corrected chi connectivity index (χ0v) is 12.3. The lowest BCUT2D eigenvalue weighted by molar-refractivity contribution is 0.722. The Bertz CT molecular complexity index is 434. The summed E-state index contributed by atoms with van der Waals surface area (Å²) < 4.78 is 0. The van der Waals surface area contributed by atoms with Crippen LogP contribution in [0.4, 0.5) is 0 Å². The minimum Gasteiger partial charge on any atom is -0.316 e. The summed E-state index contributed by atoms with van der Waals surface area (Å²) in [5.41, 5.74) is 2.77. The minimum atomic E-state index is 1.07. The third-order valence-electron chi connectivity index (χ3n) is 2.74. The van der Waals surface area contributed by atoms with Crippen LogP contribution in [0.5, 0.6) is 0 Å².